The second-order valence-corrected chi connectivity index (χ2v) is 5.68. The molecule has 0 aliphatic rings. The standard InChI is InChI=1S/C21H15ClO3/c22-14-20(23)17-8-6-15(7-9-17)16-10-12-19(13-11-16)25-21(24)18-4-2-1-3-5-18/h1-13H,14H2. The molecule has 0 spiro atoms. The molecule has 0 aromatic heterocycles. The first-order valence-corrected chi connectivity index (χ1v) is 8.28. The van der Waals surface area contributed by atoms with Crippen molar-refractivity contribution in [1.82, 2.24) is 0 Å². The van der Waals surface area contributed by atoms with E-state index in [4.69, 9.17) is 16.3 Å². The van der Waals surface area contributed by atoms with E-state index in [1.54, 1.807) is 48.5 Å². The van der Waals surface area contributed by atoms with Crippen molar-refractivity contribution in [3.05, 3.63) is 90.0 Å². The highest BCUT2D eigenvalue weighted by Gasteiger charge is 2.08. The van der Waals surface area contributed by atoms with Gasteiger partial charge in [0.2, 0.25) is 0 Å². The fraction of sp³-hybridized carbons (Fsp3) is 0.0476. The highest BCUT2D eigenvalue weighted by molar-refractivity contribution is 6.30. The lowest BCUT2D eigenvalue weighted by Gasteiger charge is -2.07. The Morgan fingerprint density at radius 3 is 1.84 bits per heavy atom. The lowest BCUT2D eigenvalue weighted by atomic mass is 10.0. The van der Waals surface area contributed by atoms with Crippen molar-refractivity contribution in [2.75, 3.05) is 5.88 Å². The number of Topliss-reactive ketones (excluding diaryl/α,β-unsaturated/α-hetero) is 1. The number of halogens is 1. The number of carbonyl (C=O) groups excluding carboxylic acids is 2. The van der Waals surface area contributed by atoms with Crippen LogP contribution in [0.25, 0.3) is 11.1 Å². The average Bonchev–Trinajstić information content (AvgIpc) is 2.69. The molecule has 0 fully saturated rings. The molecule has 0 aliphatic carbocycles. The van der Waals surface area contributed by atoms with Gasteiger partial charge in [0.15, 0.2) is 5.78 Å². The summed E-state index contributed by atoms with van der Waals surface area (Å²) in [5, 5.41) is 0. The smallest absolute Gasteiger partial charge is 0.343 e. The number of ketones is 1. The molecule has 0 atom stereocenters. The Bertz CT molecular complexity index is 869. The normalized spacial score (nSPS) is 10.3. The molecule has 3 aromatic carbocycles. The van der Waals surface area contributed by atoms with Crippen LogP contribution < -0.4 is 4.74 Å². The summed E-state index contributed by atoms with van der Waals surface area (Å²) >= 11 is 5.56. The van der Waals surface area contributed by atoms with E-state index in [1.807, 2.05) is 30.3 Å². The highest BCUT2D eigenvalue weighted by atomic mass is 35.5. The zero-order chi connectivity index (χ0) is 17.6. The first-order chi connectivity index (χ1) is 12.2. The van der Waals surface area contributed by atoms with Gasteiger partial charge in [0.1, 0.15) is 5.75 Å². The molecule has 0 radical (unpaired) electrons. The first-order valence-electron chi connectivity index (χ1n) is 7.74. The van der Waals surface area contributed by atoms with E-state index < -0.39 is 5.97 Å². The average molecular weight is 351 g/mol. The van der Waals surface area contributed by atoms with Gasteiger partial charge in [-0.2, -0.15) is 0 Å². The van der Waals surface area contributed by atoms with Gasteiger partial charge >= 0.3 is 5.97 Å². The molecule has 3 aromatic rings. The van der Waals surface area contributed by atoms with Crippen molar-refractivity contribution in [2.45, 2.75) is 0 Å². The topological polar surface area (TPSA) is 43.4 Å². The summed E-state index contributed by atoms with van der Waals surface area (Å²) in [4.78, 5) is 23.6. The van der Waals surface area contributed by atoms with Crippen molar-refractivity contribution in [2.24, 2.45) is 0 Å². The van der Waals surface area contributed by atoms with Crippen molar-refractivity contribution in [3.63, 3.8) is 0 Å². The van der Waals surface area contributed by atoms with Crippen molar-refractivity contribution in [3.8, 4) is 16.9 Å². The molecule has 0 heterocycles. The minimum Gasteiger partial charge on any atom is -0.423 e. The molecule has 3 nitrogen and oxygen atoms in total. The maximum atomic E-state index is 12.0. The fourth-order valence-corrected chi connectivity index (χ4v) is 2.54. The number of ether oxygens (including phenoxy) is 1. The molecule has 4 heteroatoms. The lowest BCUT2D eigenvalue weighted by Crippen LogP contribution is -2.07. The van der Waals surface area contributed by atoms with E-state index in [-0.39, 0.29) is 11.7 Å². The zero-order valence-corrected chi connectivity index (χ0v) is 14.1. The summed E-state index contributed by atoms with van der Waals surface area (Å²) < 4.78 is 5.36. The quantitative estimate of drug-likeness (QED) is 0.281. The maximum Gasteiger partial charge on any atom is 0.343 e. The SMILES string of the molecule is O=C(CCl)c1ccc(-c2ccc(OC(=O)c3ccccc3)cc2)cc1. The van der Waals surface area contributed by atoms with Gasteiger partial charge in [0.25, 0.3) is 0 Å². The number of rotatable bonds is 5. The third-order valence-corrected chi connectivity index (χ3v) is 3.98. The Morgan fingerprint density at radius 2 is 1.28 bits per heavy atom. The van der Waals surface area contributed by atoms with Crippen LogP contribution in [0, 0.1) is 0 Å². The Hall–Kier alpha value is -2.91. The fourth-order valence-electron chi connectivity index (χ4n) is 2.38. The second-order valence-electron chi connectivity index (χ2n) is 5.41. The van der Waals surface area contributed by atoms with Gasteiger partial charge < -0.3 is 4.74 Å². The molecule has 124 valence electrons. The van der Waals surface area contributed by atoms with Gasteiger partial charge in [-0.3, -0.25) is 4.79 Å². The van der Waals surface area contributed by atoms with Crippen LogP contribution in [0.5, 0.6) is 5.75 Å². The Kier molecular flexibility index (Phi) is 5.26. The van der Waals surface area contributed by atoms with Crippen LogP contribution in [0.15, 0.2) is 78.9 Å². The second kappa shape index (κ2) is 7.77. The lowest BCUT2D eigenvalue weighted by molar-refractivity contribution is 0.0734. The number of hydrogen-bond donors (Lipinski definition) is 0. The van der Waals surface area contributed by atoms with Gasteiger partial charge in [-0.1, -0.05) is 54.6 Å². The number of hydrogen-bond acceptors (Lipinski definition) is 3. The zero-order valence-electron chi connectivity index (χ0n) is 13.3. The van der Waals surface area contributed by atoms with E-state index in [0.29, 0.717) is 16.9 Å². The number of benzene rings is 3. The van der Waals surface area contributed by atoms with E-state index in [9.17, 15) is 9.59 Å². The van der Waals surface area contributed by atoms with Gasteiger partial charge in [-0.15, -0.1) is 11.6 Å². The number of alkyl halides is 1. The van der Waals surface area contributed by atoms with Crippen molar-refractivity contribution < 1.29 is 14.3 Å². The molecule has 0 unspecified atom stereocenters. The molecule has 0 N–H and O–H groups in total. The van der Waals surface area contributed by atoms with Crippen LogP contribution in [0.3, 0.4) is 0 Å². The predicted octanol–water partition coefficient (Wildman–Crippen LogP) is 4.99. The van der Waals surface area contributed by atoms with Crippen LogP contribution in [-0.4, -0.2) is 17.6 Å². The Labute approximate surface area is 150 Å². The third-order valence-electron chi connectivity index (χ3n) is 3.74. The van der Waals surface area contributed by atoms with Crippen molar-refractivity contribution in [1.29, 1.82) is 0 Å². The van der Waals surface area contributed by atoms with Crippen LogP contribution in [0.1, 0.15) is 20.7 Å². The molecule has 0 saturated carbocycles. The number of carbonyl (C=O) groups is 2. The minimum absolute atomic E-state index is 0.0270. The highest BCUT2D eigenvalue weighted by Crippen LogP contribution is 2.23. The van der Waals surface area contributed by atoms with Crippen LogP contribution in [0.2, 0.25) is 0 Å². The van der Waals surface area contributed by atoms with E-state index >= 15 is 0 Å². The molecule has 3 rings (SSSR count). The minimum atomic E-state index is -0.391. The third kappa shape index (κ3) is 4.14. The monoisotopic (exact) mass is 350 g/mol. The molecule has 25 heavy (non-hydrogen) atoms. The largest absolute Gasteiger partial charge is 0.423 e. The van der Waals surface area contributed by atoms with Crippen molar-refractivity contribution >= 4 is 23.4 Å². The van der Waals surface area contributed by atoms with Gasteiger partial charge in [0, 0.05) is 5.56 Å². The molecular formula is C21H15ClO3. The van der Waals surface area contributed by atoms with Gasteiger partial charge in [-0.05, 0) is 35.4 Å². The van der Waals surface area contributed by atoms with Crippen LogP contribution >= 0.6 is 11.6 Å². The van der Waals surface area contributed by atoms with E-state index in [2.05, 4.69) is 0 Å². The Balaban J connectivity index is 1.72. The molecule has 0 saturated heterocycles. The summed E-state index contributed by atoms with van der Waals surface area (Å²) in [5.41, 5.74) is 3.02. The first kappa shape index (κ1) is 16.9. The summed E-state index contributed by atoms with van der Waals surface area (Å²) in [6.07, 6.45) is 0. The summed E-state index contributed by atoms with van der Waals surface area (Å²) in [7, 11) is 0. The summed E-state index contributed by atoms with van der Waals surface area (Å²) in [5.74, 6) is -0.0406. The molecular weight excluding hydrogens is 336 g/mol. The number of esters is 1. The summed E-state index contributed by atoms with van der Waals surface area (Å²) in [6.45, 7) is 0. The summed E-state index contributed by atoms with van der Waals surface area (Å²) in [6, 6.07) is 23.3. The van der Waals surface area contributed by atoms with Gasteiger partial charge in [0.05, 0.1) is 11.4 Å². The molecule has 0 aliphatic heterocycles. The van der Waals surface area contributed by atoms with Crippen LogP contribution in [0.4, 0.5) is 0 Å². The predicted molar refractivity (Wildman–Crippen MR) is 98.3 cm³/mol. The Morgan fingerprint density at radius 1 is 0.720 bits per heavy atom. The van der Waals surface area contributed by atoms with Crippen LogP contribution in [-0.2, 0) is 0 Å². The van der Waals surface area contributed by atoms with E-state index in [1.165, 1.54) is 0 Å². The van der Waals surface area contributed by atoms with E-state index in [0.717, 1.165) is 11.1 Å². The molecule has 0 bridgehead atoms. The van der Waals surface area contributed by atoms with Gasteiger partial charge in [-0.25, -0.2) is 4.79 Å². The molecule has 0 amide bonds. The maximum absolute atomic E-state index is 12.0.